The molecular weight excluding hydrogens is 314 g/mol. The number of hydrogen-bond donors (Lipinski definition) is 3. The summed E-state index contributed by atoms with van der Waals surface area (Å²) in [4.78, 5) is 36.0. The molecule has 3 N–H and O–H groups in total. The van der Waals surface area contributed by atoms with Crippen LogP contribution >= 0.6 is 11.3 Å². The number of nitrogens with one attached hydrogen (secondary N) is 3. The zero-order valence-electron chi connectivity index (χ0n) is 12.2. The number of aryl methyl sites for hydroxylation is 1. The second kappa shape index (κ2) is 6.62. The number of urea groups is 1. The number of imide groups is 1. The molecule has 2 heterocycles. The van der Waals surface area contributed by atoms with Crippen LogP contribution in [0.2, 0.25) is 0 Å². The largest absolute Gasteiger partial charge is 0.326 e. The molecule has 0 bridgehead atoms. The van der Waals surface area contributed by atoms with Crippen molar-refractivity contribution in [1.29, 1.82) is 0 Å². The van der Waals surface area contributed by atoms with Gasteiger partial charge in [-0.1, -0.05) is 18.2 Å². The number of benzene rings is 1. The monoisotopic (exact) mass is 329 g/mol. The standard InChI is InChI=1S/C16H15N3O3S/c20-13(7-6-12-5-2-8-23-12)17-11-4-1-3-10(9-11)14-15(21)19-16(22)18-14/h1-5,8-9,14H,6-7H2,(H,17,20)(H2,18,19,21,22). The van der Waals surface area contributed by atoms with Crippen molar-refractivity contribution in [2.75, 3.05) is 5.32 Å². The molecule has 3 rings (SSSR count). The van der Waals surface area contributed by atoms with E-state index >= 15 is 0 Å². The third-order valence-corrected chi connectivity index (χ3v) is 4.39. The van der Waals surface area contributed by atoms with Crippen molar-refractivity contribution in [3.05, 3.63) is 52.2 Å². The summed E-state index contributed by atoms with van der Waals surface area (Å²) >= 11 is 1.63. The van der Waals surface area contributed by atoms with E-state index in [1.54, 1.807) is 35.6 Å². The fourth-order valence-corrected chi connectivity index (χ4v) is 3.07. The maximum absolute atomic E-state index is 12.0. The van der Waals surface area contributed by atoms with Gasteiger partial charge >= 0.3 is 6.03 Å². The number of anilines is 1. The minimum Gasteiger partial charge on any atom is -0.326 e. The van der Waals surface area contributed by atoms with Crippen LogP contribution < -0.4 is 16.0 Å². The Morgan fingerprint density at radius 3 is 2.78 bits per heavy atom. The van der Waals surface area contributed by atoms with Crippen LogP contribution in [-0.2, 0) is 16.0 Å². The van der Waals surface area contributed by atoms with Gasteiger partial charge in [-0.3, -0.25) is 14.9 Å². The summed E-state index contributed by atoms with van der Waals surface area (Å²) in [5.74, 6) is -0.480. The number of amides is 4. The first kappa shape index (κ1) is 15.2. The van der Waals surface area contributed by atoms with Crippen molar-refractivity contribution < 1.29 is 14.4 Å². The smallest absolute Gasteiger partial charge is 0.322 e. The summed E-state index contributed by atoms with van der Waals surface area (Å²) in [6.07, 6.45) is 1.09. The molecule has 7 heteroatoms. The molecule has 4 amide bonds. The molecule has 1 unspecified atom stereocenters. The summed E-state index contributed by atoms with van der Waals surface area (Å²) in [6.45, 7) is 0. The maximum Gasteiger partial charge on any atom is 0.322 e. The fourth-order valence-electron chi connectivity index (χ4n) is 2.36. The van der Waals surface area contributed by atoms with Crippen LogP contribution in [0.1, 0.15) is 22.9 Å². The van der Waals surface area contributed by atoms with Gasteiger partial charge in [0.2, 0.25) is 5.91 Å². The summed E-state index contributed by atoms with van der Waals surface area (Å²) < 4.78 is 0. The molecule has 1 aromatic carbocycles. The Labute approximate surface area is 136 Å². The predicted octanol–water partition coefficient (Wildman–Crippen LogP) is 2.20. The van der Waals surface area contributed by atoms with E-state index in [2.05, 4.69) is 16.0 Å². The van der Waals surface area contributed by atoms with E-state index in [4.69, 9.17) is 0 Å². The van der Waals surface area contributed by atoms with Gasteiger partial charge in [0, 0.05) is 17.0 Å². The SMILES string of the molecule is O=C(CCc1cccs1)Nc1cccc(C2NC(=O)NC2=O)c1. The van der Waals surface area contributed by atoms with E-state index in [1.165, 1.54) is 4.88 Å². The highest BCUT2D eigenvalue weighted by molar-refractivity contribution is 7.09. The normalized spacial score (nSPS) is 16.8. The van der Waals surface area contributed by atoms with Gasteiger partial charge < -0.3 is 10.6 Å². The topological polar surface area (TPSA) is 87.3 Å². The molecule has 1 atom stereocenters. The lowest BCUT2D eigenvalue weighted by molar-refractivity contribution is -0.120. The van der Waals surface area contributed by atoms with Crippen LogP contribution in [0.15, 0.2) is 41.8 Å². The number of hydrogen-bond acceptors (Lipinski definition) is 4. The lowest BCUT2D eigenvalue weighted by atomic mass is 10.1. The Hall–Kier alpha value is -2.67. The molecule has 0 aliphatic carbocycles. The van der Waals surface area contributed by atoms with Gasteiger partial charge in [0.15, 0.2) is 0 Å². The zero-order chi connectivity index (χ0) is 16.2. The van der Waals surface area contributed by atoms with Crippen molar-refractivity contribution >= 4 is 34.9 Å². The van der Waals surface area contributed by atoms with Crippen molar-refractivity contribution in [3.8, 4) is 0 Å². The van der Waals surface area contributed by atoms with E-state index in [0.717, 1.165) is 0 Å². The van der Waals surface area contributed by atoms with Crippen molar-refractivity contribution in [2.24, 2.45) is 0 Å². The first-order valence-corrected chi connectivity index (χ1v) is 8.03. The molecule has 2 aromatic rings. The zero-order valence-corrected chi connectivity index (χ0v) is 13.0. The predicted molar refractivity (Wildman–Crippen MR) is 87.1 cm³/mol. The van der Waals surface area contributed by atoms with E-state index in [0.29, 0.717) is 24.1 Å². The summed E-state index contributed by atoms with van der Waals surface area (Å²) in [5.41, 5.74) is 1.23. The minimum atomic E-state index is -0.717. The number of thiophene rings is 1. The van der Waals surface area contributed by atoms with E-state index < -0.39 is 18.0 Å². The molecule has 0 spiro atoms. The van der Waals surface area contributed by atoms with Crippen LogP contribution in [0.4, 0.5) is 10.5 Å². The molecule has 1 fully saturated rings. The molecule has 1 aliphatic rings. The summed E-state index contributed by atoms with van der Waals surface area (Å²) in [5, 5.41) is 9.52. The van der Waals surface area contributed by atoms with Gasteiger partial charge in [-0.05, 0) is 35.6 Å². The lowest BCUT2D eigenvalue weighted by Gasteiger charge is -2.10. The van der Waals surface area contributed by atoms with Crippen molar-refractivity contribution in [2.45, 2.75) is 18.9 Å². The number of rotatable bonds is 5. The molecule has 1 saturated heterocycles. The van der Waals surface area contributed by atoms with Crippen molar-refractivity contribution in [3.63, 3.8) is 0 Å². The molecule has 1 aliphatic heterocycles. The van der Waals surface area contributed by atoms with Crippen molar-refractivity contribution in [1.82, 2.24) is 10.6 Å². The molecule has 23 heavy (non-hydrogen) atoms. The van der Waals surface area contributed by atoms with Crippen LogP contribution in [0, 0.1) is 0 Å². The highest BCUT2D eigenvalue weighted by Gasteiger charge is 2.30. The molecule has 0 saturated carbocycles. The lowest BCUT2D eigenvalue weighted by Crippen LogP contribution is -2.22. The maximum atomic E-state index is 12.0. The van der Waals surface area contributed by atoms with Crippen LogP contribution in [0.3, 0.4) is 0 Å². The van der Waals surface area contributed by atoms with Gasteiger partial charge in [-0.15, -0.1) is 11.3 Å². The fraction of sp³-hybridized carbons (Fsp3) is 0.188. The Morgan fingerprint density at radius 1 is 1.22 bits per heavy atom. The minimum absolute atomic E-state index is 0.0875. The van der Waals surface area contributed by atoms with Gasteiger partial charge in [-0.2, -0.15) is 0 Å². The molecule has 118 valence electrons. The Kier molecular flexibility index (Phi) is 4.38. The van der Waals surface area contributed by atoms with Gasteiger partial charge in [0.25, 0.3) is 5.91 Å². The highest BCUT2D eigenvalue weighted by Crippen LogP contribution is 2.20. The number of carbonyl (C=O) groups is 3. The molecule has 0 radical (unpaired) electrons. The van der Waals surface area contributed by atoms with Crippen LogP contribution in [0.25, 0.3) is 0 Å². The second-order valence-corrected chi connectivity index (χ2v) is 6.18. The third kappa shape index (κ3) is 3.75. The van der Waals surface area contributed by atoms with Gasteiger partial charge in [-0.25, -0.2) is 4.79 Å². The Morgan fingerprint density at radius 2 is 2.09 bits per heavy atom. The number of carbonyl (C=O) groups excluding carboxylic acids is 3. The van der Waals surface area contributed by atoms with Crippen LogP contribution in [-0.4, -0.2) is 17.8 Å². The summed E-state index contributed by atoms with van der Waals surface area (Å²) in [6, 6.07) is 9.65. The van der Waals surface area contributed by atoms with Gasteiger partial charge in [0.05, 0.1) is 0 Å². The first-order valence-electron chi connectivity index (χ1n) is 7.15. The molecule has 1 aromatic heterocycles. The molecular formula is C16H15N3O3S. The Balaban J connectivity index is 1.62. The summed E-state index contributed by atoms with van der Waals surface area (Å²) in [7, 11) is 0. The van der Waals surface area contributed by atoms with E-state index in [1.807, 2.05) is 17.5 Å². The highest BCUT2D eigenvalue weighted by atomic mass is 32.1. The van der Waals surface area contributed by atoms with E-state index in [-0.39, 0.29) is 5.91 Å². The quantitative estimate of drug-likeness (QED) is 0.735. The average molecular weight is 329 g/mol. The van der Waals surface area contributed by atoms with Crippen LogP contribution in [0.5, 0.6) is 0 Å². The Bertz CT molecular complexity index is 743. The average Bonchev–Trinajstić information content (AvgIpc) is 3.15. The van der Waals surface area contributed by atoms with Gasteiger partial charge in [0.1, 0.15) is 6.04 Å². The van der Waals surface area contributed by atoms with E-state index in [9.17, 15) is 14.4 Å². The third-order valence-electron chi connectivity index (χ3n) is 3.46. The second-order valence-electron chi connectivity index (χ2n) is 5.15. The molecule has 6 nitrogen and oxygen atoms in total. The first-order chi connectivity index (χ1) is 11.1.